The summed E-state index contributed by atoms with van der Waals surface area (Å²) in [5.41, 5.74) is 2.71. The van der Waals surface area contributed by atoms with Crippen LogP contribution in [-0.2, 0) is 16.1 Å². The Balaban J connectivity index is 1.29. The van der Waals surface area contributed by atoms with Gasteiger partial charge in [0.1, 0.15) is 18.1 Å². The predicted molar refractivity (Wildman–Crippen MR) is 150 cm³/mol. The minimum Gasteiger partial charge on any atom is -0.497 e. The smallest absolute Gasteiger partial charge is 0.254 e. The lowest BCUT2D eigenvalue weighted by Crippen LogP contribution is -2.41. The summed E-state index contributed by atoms with van der Waals surface area (Å²) in [5.74, 6) is -0.663. The number of carbonyl (C=O) groups excluding carboxylic acids is 2. The van der Waals surface area contributed by atoms with Gasteiger partial charge in [0.25, 0.3) is 5.91 Å². The van der Waals surface area contributed by atoms with Gasteiger partial charge in [-0.15, -0.1) is 0 Å². The summed E-state index contributed by atoms with van der Waals surface area (Å²) in [6.07, 6.45) is 2.21. The largest absolute Gasteiger partial charge is 0.497 e. The number of aliphatic hydroxyl groups excluding tert-OH is 1. The van der Waals surface area contributed by atoms with Crippen molar-refractivity contribution in [2.24, 2.45) is 0 Å². The molecule has 3 heterocycles. The number of aromatic nitrogens is 2. The predicted octanol–water partition coefficient (Wildman–Crippen LogP) is 3.73. The lowest BCUT2D eigenvalue weighted by atomic mass is 10.0. The monoisotopic (exact) mass is 583 g/mol. The second kappa shape index (κ2) is 12.4. The second-order valence-corrected chi connectivity index (χ2v) is 10.6. The minimum absolute atomic E-state index is 0.204. The molecule has 1 aromatic heterocycles. The van der Waals surface area contributed by atoms with Gasteiger partial charge in [-0.1, -0.05) is 23.7 Å². The lowest BCUT2D eigenvalue weighted by molar-refractivity contribution is -0.123. The van der Waals surface area contributed by atoms with E-state index in [1.807, 2.05) is 12.1 Å². The average molecular weight is 584 g/mol. The molecule has 2 amide bonds. The highest BCUT2D eigenvalue weighted by Crippen LogP contribution is 2.32. The van der Waals surface area contributed by atoms with Crippen LogP contribution in [0.4, 0.5) is 10.3 Å². The standard InChI is InChI=1S/C29H31ClFN5O5/c1-16(37)26(19-9-20(31)12-22(10-19)40-2)34-25(38)15-36-14-18-4-3-17(11-23(18)28(36)39)27-24(30)13-32-29(35-27)33-21-5-7-41-8-6-21/h3-4,9-13,16,21,26,37H,5-8,14-15H2,1-2H3,(H,34,38)(H,32,33,35)/t16-,26+/m0/s1. The third-order valence-corrected chi connectivity index (χ3v) is 7.46. The number of fused-ring (bicyclic) bond motifs is 1. The summed E-state index contributed by atoms with van der Waals surface area (Å²) in [4.78, 5) is 36.6. The zero-order valence-corrected chi connectivity index (χ0v) is 23.4. The fourth-order valence-electron chi connectivity index (χ4n) is 5.06. The van der Waals surface area contributed by atoms with Crippen LogP contribution in [-0.4, -0.2) is 70.8 Å². The number of hydrogen-bond acceptors (Lipinski definition) is 8. The number of anilines is 1. The molecule has 3 aromatic rings. The number of benzene rings is 2. The van der Waals surface area contributed by atoms with Crippen LogP contribution in [0.2, 0.25) is 5.02 Å². The molecular formula is C29H31ClFN5O5. The fraction of sp³-hybridized carbons (Fsp3) is 0.379. The number of aliphatic hydroxyl groups is 1. The van der Waals surface area contributed by atoms with Gasteiger partial charge in [0, 0.05) is 43.0 Å². The highest BCUT2D eigenvalue weighted by molar-refractivity contribution is 6.33. The van der Waals surface area contributed by atoms with E-state index in [2.05, 4.69) is 20.6 Å². The first-order valence-corrected chi connectivity index (χ1v) is 13.7. The molecule has 2 atom stereocenters. The molecule has 2 aromatic carbocycles. The minimum atomic E-state index is -1.03. The van der Waals surface area contributed by atoms with Crippen molar-refractivity contribution in [1.82, 2.24) is 20.2 Å². The van der Waals surface area contributed by atoms with Crippen LogP contribution in [0.15, 0.2) is 42.6 Å². The van der Waals surface area contributed by atoms with Crippen molar-refractivity contribution in [3.63, 3.8) is 0 Å². The normalized spacial score (nSPS) is 16.7. The van der Waals surface area contributed by atoms with E-state index in [4.69, 9.17) is 21.1 Å². The number of rotatable bonds is 9. The Kier molecular flexibility index (Phi) is 8.67. The number of halogens is 2. The van der Waals surface area contributed by atoms with Gasteiger partial charge in [-0.2, -0.15) is 0 Å². The number of ether oxygens (including phenoxy) is 2. The van der Waals surface area contributed by atoms with E-state index in [0.29, 0.717) is 46.6 Å². The first-order valence-electron chi connectivity index (χ1n) is 13.3. The highest BCUT2D eigenvalue weighted by atomic mass is 35.5. The van der Waals surface area contributed by atoms with Crippen LogP contribution < -0.4 is 15.4 Å². The van der Waals surface area contributed by atoms with E-state index in [0.717, 1.165) is 18.4 Å². The Morgan fingerprint density at radius 3 is 2.78 bits per heavy atom. The van der Waals surface area contributed by atoms with Crippen molar-refractivity contribution >= 4 is 29.4 Å². The first kappa shape index (κ1) is 28.7. The van der Waals surface area contributed by atoms with Crippen molar-refractivity contribution in [3.05, 3.63) is 70.1 Å². The van der Waals surface area contributed by atoms with E-state index in [9.17, 15) is 19.1 Å². The molecule has 2 aliphatic rings. The van der Waals surface area contributed by atoms with E-state index in [1.54, 1.807) is 12.1 Å². The summed E-state index contributed by atoms with van der Waals surface area (Å²) in [7, 11) is 1.40. The zero-order valence-electron chi connectivity index (χ0n) is 22.7. The number of amides is 2. The van der Waals surface area contributed by atoms with Gasteiger partial charge in [0.05, 0.1) is 36.2 Å². The second-order valence-electron chi connectivity index (χ2n) is 10.2. The average Bonchev–Trinajstić information content (AvgIpc) is 3.26. The van der Waals surface area contributed by atoms with E-state index < -0.39 is 23.9 Å². The van der Waals surface area contributed by atoms with Crippen LogP contribution >= 0.6 is 11.6 Å². The van der Waals surface area contributed by atoms with Crippen LogP contribution in [0, 0.1) is 5.82 Å². The maximum absolute atomic E-state index is 14.1. The maximum atomic E-state index is 14.1. The van der Waals surface area contributed by atoms with Crippen molar-refractivity contribution in [2.75, 3.05) is 32.2 Å². The molecule has 0 radical (unpaired) electrons. The van der Waals surface area contributed by atoms with E-state index in [-0.39, 0.29) is 30.8 Å². The van der Waals surface area contributed by atoms with Crippen molar-refractivity contribution in [1.29, 1.82) is 0 Å². The molecular weight excluding hydrogens is 553 g/mol. The SMILES string of the molecule is COc1cc(F)cc([C@H](NC(=O)CN2Cc3ccc(-c4nc(NC5CCOCC5)ncc4Cl)cc3C2=O)[C@H](C)O)c1. The molecule has 0 spiro atoms. The zero-order chi connectivity index (χ0) is 29.1. The van der Waals surface area contributed by atoms with Crippen LogP contribution in [0.3, 0.4) is 0 Å². The Morgan fingerprint density at radius 2 is 2.05 bits per heavy atom. The van der Waals surface area contributed by atoms with Crippen LogP contribution in [0.1, 0.15) is 47.3 Å². The van der Waals surface area contributed by atoms with E-state index >= 15 is 0 Å². The van der Waals surface area contributed by atoms with Gasteiger partial charge < -0.3 is 30.1 Å². The molecule has 216 valence electrons. The van der Waals surface area contributed by atoms with Gasteiger partial charge >= 0.3 is 0 Å². The molecule has 2 aliphatic heterocycles. The van der Waals surface area contributed by atoms with Crippen molar-refractivity contribution in [2.45, 2.75) is 44.5 Å². The highest BCUT2D eigenvalue weighted by Gasteiger charge is 2.31. The third-order valence-electron chi connectivity index (χ3n) is 7.18. The molecule has 0 bridgehead atoms. The molecule has 3 N–H and O–H groups in total. The maximum Gasteiger partial charge on any atom is 0.254 e. The summed E-state index contributed by atoms with van der Waals surface area (Å²) in [5, 5.41) is 16.7. The Hall–Kier alpha value is -3.80. The van der Waals surface area contributed by atoms with Gasteiger partial charge in [-0.25, -0.2) is 14.4 Å². The number of carbonyl (C=O) groups is 2. The third kappa shape index (κ3) is 6.58. The van der Waals surface area contributed by atoms with Gasteiger partial charge in [-0.05, 0) is 49.1 Å². The van der Waals surface area contributed by atoms with Crippen LogP contribution in [0.25, 0.3) is 11.3 Å². The fourth-order valence-corrected chi connectivity index (χ4v) is 5.26. The number of nitrogens with one attached hydrogen (secondary N) is 2. The molecule has 5 rings (SSSR count). The Bertz CT molecular complexity index is 1450. The van der Waals surface area contributed by atoms with Crippen molar-refractivity contribution < 1.29 is 28.6 Å². The molecule has 41 heavy (non-hydrogen) atoms. The van der Waals surface area contributed by atoms with E-state index in [1.165, 1.54) is 37.3 Å². The first-order chi connectivity index (χ1) is 19.7. The number of methoxy groups -OCH3 is 1. The summed E-state index contributed by atoms with van der Waals surface area (Å²) < 4.78 is 24.6. The molecule has 1 fully saturated rings. The molecule has 12 heteroatoms. The van der Waals surface area contributed by atoms with Gasteiger partial charge in [-0.3, -0.25) is 9.59 Å². The quantitative estimate of drug-likeness (QED) is 0.348. The molecule has 0 aliphatic carbocycles. The topological polar surface area (TPSA) is 126 Å². The molecule has 0 unspecified atom stereocenters. The van der Waals surface area contributed by atoms with Gasteiger partial charge in [0.15, 0.2) is 0 Å². The summed E-state index contributed by atoms with van der Waals surface area (Å²) in [6.45, 7) is 2.84. The Morgan fingerprint density at radius 1 is 1.27 bits per heavy atom. The number of nitrogens with zero attached hydrogens (tertiary/aromatic N) is 3. The summed E-state index contributed by atoms with van der Waals surface area (Å²) in [6, 6.07) is 8.66. The van der Waals surface area contributed by atoms with Crippen LogP contribution in [0.5, 0.6) is 5.75 Å². The number of hydrogen-bond donors (Lipinski definition) is 3. The Labute approximate surface area is 241 Å². The lowest BCUT2D eigenvalue weighted by Gasteiger charge is -2.24. The molecule has 0 saturated carbocycles. The molecule has 1 saturated heterocycles. The molecule has 10 nitrogen and oxygen atoms in total. The van der Waals surface area contributed by atoms with Gasteiger partial charge in [0.2, 0.25) is 11.9 Å². The van der Waals surface area contributed by atoms with Crippen molar-refractivity contribution in [3.8, 4) is 17.0 Å². The summed E-state index contributed by atoms with van der Waals surface area (Å²) >= 11 is 6.44.